The standard InChI is InChI=1S/C30H26NS.C13H24O2.Ir/c1-19(2)27-26-14-15-31-28(25-17-20(3)16-21(4)18-25)30(26)32-29(27)24-12-10-23(11-13-24)22-8-6-5-7-9-22;1-5-10(6-2)12(14)9-13(15)11(7-3)8-4;/h5-17,19H,1-4H3;9-11,14H,5-8H2,1-4H3;/q-1;;/b;12-9-;/i15D,16D,17D;;. The first-order valence-corrected chi connectivity index (χ1v) is 17.7. The number of thiophene rings is 1. The zero-order chi connectivity index (χ0) is 36.7. The van der Waals surface area contributed by atoms with E-state index in [1.807, 2.05) is 58.9 Å². The number of allylic oxidation sites excluding steroid dienone is 2. The minimum absolute atomic E-state index is 0. The molecule has 3 nitrogen and oxygen atoms in total. The molecule has 0 spiro atoms. The number of aromatic nitrogens is 1. The molecular weight excluding hydrogens is 787 g/mol. The zero-order valence-corrected chi connectivity index (χ0v) is 32.7. The largest absolute Gasteiger partial charge is 0.512 e. The molecule has 0 aliphatic rings. The fourth-order valence-electron chi connectivity index (χ4n) is 6.04. The fourth-order valence-corrected chi connectivity index (χ4v) is 7.47. The molecule has 5 rings (SSSR count). The Morgan fingerprint density at radius 2 is 1.46 bits per heavy atom. The number of pyridine rings is 1. The summed E-state index contributed by atoms with van der Waals surface area (Å²) in [7, 11) is 0. The van der Waals surface area contributed by atoms with Crippen LogP contribution < -0.4 is 0 Å². The van der Waals surface area contributed by atoms with Gasteiger partial charge in [0.1, 0.15) is 0 Å². The van der Waals surface area contributed by atoms with Crippen LogP contribution in [0.1, 0.15) is 93.9 Å². The first kappa shape index (κ1) is 34.5. The van der Waals surface area contributed by atoms with Crippen molar-refractivity contribution in [2.45, 2.75) is 87.0 Å². The van der Waals surface area contributed by atoms with E-state index in [1.54, 1.807) is 18.3 Å². The summed E-state index contributed by atoms with van der Waals surface area (Å²) >= 11 is 1.67. The molecule has 1 radical (unpaired) electrons. The van der Waals surface area contributed by atoms with Gasteiger partial charge in [-0.25, -0.2) is 0 Å². The number of hydrogen-bond donors (Lipinski definition) is 1. The van der Waals surface area contributed by atoms with Crippen LogP contribution in [0.4, 0.5) is 0 Å². The average molecular weight is 840 g/mol. The van der Waals surface area contributed by atoms with Gasteiger partial charge in [0.2, 0.25) is 0 Å². The van der Waals surface area contributed by atoms with Gasteiger partial charge in [-0.1, -0.05) is 110 Å². The van der Waals surface area contributed by atoms with E-state index in [4.69, 9.17) is 4.11 Å². The second kappa shape index (κ2) is 18.4. The van der Waals surface area contributed by atoms with E-state index in [-0.39, 0.29) is 61.6 Å². The third kappa shape index (κ3) is 9.40. The van der Waals surface area contributed by atoms with Crippen LogP contribution in [0, 0.1) is 31.7 Å². The Balaban J connectivity index is 0.000000374. The molecular formula is C43H50IrNO2S-. The molecule has 1 N–H and O–H groups in total. The minimum Gasteiger partial charge on any atom is -0.512 e. The van der Waals surface area contributed by atoms with Crippen LogP contribution in [-0.2, 0) is 24.9 Å². The number of nitrogens with zero attached hydrogens (tertiary/aromatic N) is 1. The van der Waals surface area contributed by atoms with Gasteiger partial charge in [0.05, 0.1) is 7.13 Å². The summed E-state index contributed by atoms with van der Waals surface area (Å²) in [6.07, 6.45) is 5.08. The maximum absolute atomic E-state index is 11.7. The van der Waals surface area contributed by atoms with Gasteiger partial charge < -0.3 is 10.1 Å². The molecule has 2 heterocycles. The van der Waals surface area contributed by atoms with E-state index in [0.717, 1.165) is 41.3 Å². The Labute approximate surface area is 310 Å². The van der Waals surface area contributed by atoms with Crippen LogP contribution in [0.2, 0.25) is 0 Å². The average Bonchev–Trinajstić information content (AvgIpc) is 3.50. The van der Waals surface area contributed by atoms with E-state index < -0.39 is 0 Å². The Morgan fingerprint density at radius 1 is 0.875 bits per heavy atom. The van der Waals surface area contributed by atoms with E-state index in [2.05, 4.69) is 61.3 Å². The number of aliphatic hydroxyl groups excluding tert-OH is 1. The molecule has 255 valence electrons. The van der Waals surface area contributed by atoms with E-state index in [9.17, 15) is 9.90 Å². The number of rotatable bonds is 11. The third-order valence-electron chi connectivity index (χ3n) is 8.73. The predicted octanol–water partition coefficient (Wildman–Crippen LogP) is 12.7. The molecule has 0 fully saturated rings. The van der Waals surface area contributed by atoms with Crippen molar-refractivity contribution in [1.29, 1.82) is 0 Å². The van der Waals surface area contributed by atoms with E-state index >= 15 is 0 Å². The molecule has 48 heavy (non-hydrogen) atoms. The molecule has 0 atom stereocenters. The molecule has 0 unspecified atom stereocenters. The summed E-state index contributed by atoms with van der Waals surface area (Å²) in [5.74, 6) is 0.798. The minimum atomic E-state index is 0. The van der Waals surface area contributed by atoms with Gasteiger partial charge in [-0.3, -0.25) is 4.79 Å². The number of benzene rings is 3. The number of fused-ring (bicyclic) bond motifs is 1. The second-order valence-corrected chi connectivity index (χ2v) is 13.4. The smallest absolute Gasteiger partial charge is 0.162 e. The molecule has 0 bridgehead atoms. The van der Waals surface area contributed by atoms with Crippen LogP contribution in [0.3, 0.4) is 0 Å². The molecule has 0 saturated carbocycles. The predicted molar refractivity (Wildman–Crippen MR) is 202 cm³/mol. The van der Waals surface area contributed by atoms with Crippen LogP contribution in [-0.4, -0.2) is 15.9 Å². The summed E-state index contributed by atoms with van der Waals surface area (Å²) < 4.78 is 26.3. The Kier molecular flexibility index (Phi) is 13.2. The van der Waals surface area contributed by atoms with Crippen LogP contribution in [0.5, 0.6) is 0 Å². The summed E-state index contributed by atoms with van der Waals surface area (Å²) in [4.78, 5) is 17.5. The van der Waals surface area contributed by atoms with Crippen molar-refractivity contribution in [1.82, 2.24) is 4.98 Å². The Hall–Kier alpha value is -3.37. The van der Waals surface area contributed by atoms with Crippen LogP contribution in [0.25, 0.3) is 42.9 Å². The van der Waals surface area contributed by atoms with Gasteiger partial charge in [0.15, 0.2) is 5.78 Å². The number of hydrogen-bond acceptors (Lipinski definition) is 4. The van der Waals surface area contributed by atoms with Crippen molar-refractivity contribution in [2.24, 2.45) is 11.8 Å². The second-order valence-electron chi connectivity index (χ2n) is 12.4. The monoisotopic (exact) mass is 840 g/mol. The molecule has 0 aliphatic carbocycles. The van der Waals surface area contributed by atoms with Crippen molar-refractivity contribution in [3.05, 3.63) is 114 Å². The first-order valence-electron chi connectivity index (χ1n) is 18.4. The van der Waals surface area contributed by atoms with Gasteiger partial charge in [0, 0.05) is 59.5 Å². The molecule has 5 heteroatoms. The molecule has 0 aliphatic heterocycles. The fraction of sp³-hybridized carbons (Fsp3) is 0.349. The van der Waals surface area contributed by atoms with Gasteiger partial charge in [-0.2, -0.15) is 0 Å². The van der Waals surface area contributed by atoms with E-state index in [1.165, 1.54) is 27.6 Å². The molecule has 0 amide bonds. The zero-order valence-electron chi connectivity index (χ0n) is 32.5. The summed E-state index contributed by atoms with van der Waals surface area (Å²) in [6.45, 7) is 16.1. The van der Waals surface area contributed by atoms with Crippen molar-refractivity contribution in [3.63, 3.8) is 0 Å². The molecule has 5 aromatic rings. The van der Waals surface area contributed by atoms with Gasteiger partial charge in [-0.15, -0.1) is 46.2 Å². The third-order valence-corrected chi connectivity index (χ3v) is 10.0. The van der Waals surface area contributed by atoms with Crippen LogP contribution >= 0.6 is 11.3 Å². The normalized spacial score (nSPS) is 12.4. The maximum Gasteiger partial charge on any atom is 0.162 e. The van der Waals surface area contributed by atoms with Crippen molar-refractivity contribution < 1.29 is 34.1 Å². The number of carbonyl (C=O) groups is 1. The number of aryl methyl sites for hydroxylation is 1. The quantitative estimate of drug-likeness (QED) is 0.0819. The first-order chi connectivity index (χ1) is 23.9. The maximum atomic E-state index is 11.7. The van der Waals surface area contributed by atoms with Crippen molar-refractivity contribution in [3.8, 4) is 32.8 Å². The van der Waals surface area contributed by atoms with Crippen molar-refractivity contribution >= 4 is 27.2 Å². The Morgan fingerprint density at radius 3 is 2.04 bits per heavy atom. The van der Waals surface area contributed by atoms with Gasteiger partial charge in [-0.05, 0) is 68.0 Å². The number of ketones is 1. The SMILES string of the molecule is CCC(CC)C(=O)/C=C(\O)C(CC)CC.[2H]c1cc2c(C(C)C)c(-c3ccc(-c4ccccc4)cc3)sc2c(-c2[c-]c(C)c([2H])c(C)c2[2H])n1.[Ir]. The van der Waals surface area contributed by atoms with Crippen LogP contribution in [0.15, 0.2) is 90.8 Å². The van der Waals surface area contributed by atoms with E-state index in [0.29, 0.717) is 28.4 Å². The summed E-state index contributed by atoms with van der Waals surface area (Å²) in [5, 5.41) is 10.8. The van der Waals surface area contributed by atoms with Crippen molar-refractivity contribution in [2.75, 3.05) is 0 Å². The molecule has 0 saturated heterocycles. The number of carbonyl (C=O) groups excluding carboxylic acids is 1. The molecule has 3 aromatic carbocycles. The van der Waals surface area contributed by atoms with Gasteiger partial charge in [0.25, 0.3) is 0 Å². The topological polar surface area (TPSA) is 50.2 Å². The summed E-state index contributed by atoms with van der Waals surface area (Å²) in [5.41, 5.74) is 7.18. The van der Waals surface area contributed by atoms with Gasteiger partial charge >= 0.3 is 0 Å². The molecule has 2 aromatic heterocycles. The summed E-state index contributed by atoms with van der Waals surface area (Å²) in [6, 6.07) is 24.7. The number of aliphatic hydroxyl groups is 1. The Bertz CT molecular complexity index is 1960.